The van der Waals surface area contributed by atoms with E-state index >= 15 is 0 Å². The van der Waals surface area contributed by atoms with Crippen LogP contribution in [0.15, 0.2) is 0 Å². The van der Waals surface area contributed by atoms with Gasteiger partial charge in [-0.3, -0.25) is 0 Å². The third-order valence-electron chi connectivity index (χ3n) is 1.10. The van der Waals surface area contributed by atoms with Crippen LogP contribution >= 0.6 is 0 Å². The van der Waals surface area contributed by atoms with Gasteiger partial charge >= 0.3 is 7.55 Å². The van der Waals surface area contributed by atoms with Gasteiger partial charge in [-0.1, -0.05) is 0 Å². The molecule has 0 saturated carbocycles. The van der Waals surface area contributed by atoms with E-state index in [4.69, 9.17) is 0 Å². The van der Waals surface area contributed by atoms with E-state index in [9.17, 15) is 0 Å². The highest BCUT2D eigenvalue weighted by Gasteiger charge is 1.95. The lowest BCUT2D eigenvalue weighted by Crippen LogP contribution is -2.30. The number of rotatable bonds is 0. The molecule has 0 aromatic rings. The molecule has 3 heteroatoms. The van der Waals surface area contributed by atoms with E-state index in [1.165, 1.54) is 12.8 Å². The highest BCUT2D eigenvalue weighted by atomic mass is 14.9. The molecule has 2 N–H and O–H groups in total. The normalized spacial score (nSPS) is 22.9. The van der Waals surface area contributed by atoms with E-state index in [-0.39, 0.29) is 0 Å². The number of hydrogen-bond acceptors (Lipinski definition) is 2. The first kappa shape index (κ1) is 5.13. The average Bonchev–Trinajstić information content (AvgIpc) is 1.90. The van der Waals surface area contributed by atoms with Gasteiger partial charge in [-0.25, -0.2) is 0 Å². The molecule has 1 radical (unpaired) electrons. The van der Waals surface area contributed by atoms with Crippen LogP contribution in [0.25, 0.3) is 0 Å². The van der Waals surface area contributed by atoms with Crippen LogP contribution in [0.3, 0.4) is 0 Å². The standard InChI is InChI=1S/C4H10BN2/c1-2-4-7-5-6-3-1/h6-7H,1-4H2. The van der Waals surface area contributed by atoms with Gasteiger partial charge in [-0.05, 0) is 25.9 Å². The second-order valence-electron chi connectivity index (χ2n) is 1.76. The van der Waals surface area contributed by atoms with Crippen LogP contribution in [0.2, 0.25) is 0 Å². The molecule has 7 heavy (non-hydrogen) atoms. The zero-order chi connectivity index (χ0) is 4.95. The quantitative estimate of drug-likeness (QED) is 0.398. The van der Waals surface area contributed by atoms with Gasteiger partial charge in [0.05, 0.1) is 0 Å². The van der Waals surface area contributed by atoms with Gasteiger partial charge in [0.1, 0.15) is 0 Å². The van der Waals surface area contributed by atoms with Gasteiger partial charge < -0.3 is 10.5 Å². The minimum absolute atomic E-state index is 1.13. The summed E-state index contributed by atoms with van der Waals surface area (Å²) in [4.78, 5) is 0. The van der Waals surface area contributed by atoms with Crippen molar-refractivity contribution in [2.75, 3.05) is 13.1 Å². The summed E-state index contributed by atoms with van der Waals surface area (Å²) >= 11 is 0. The van der Waals surface area contributed by atoms with Crippen molar-refractivity contribution in [2.45, 2.75) is 12.8 Å². The van der Waals surface area contributed by atoms with Gasteiger partial charge in [-0.15, -0.1) is 0 Å². The third-order valence-corrected chi connectivity index (χ3v) is 1.10. The van der Waals surface area contributed by atoms with Crippen molar-refractivity contribution in [1.29, 1.82) is 0 Å². The van der Waals surface area contributed by atoms with Gasteiger partial charge in [0.15, 0.2) is 0 Å². The summed E-state index contributed by atoms with van der Waals surface area (Å²) in [5.74, 6) is 0. The maximum absolute atomic E-state index is 3.11. The molecule has 0 unspecified atom stereocenters. The number of hydrogen-bond donors (Lipinski definition) is 2. The topological polar surface area (TPSA) is 24.1 Å². The maximum atomic E-state index is 3.11. The lowest BCUT2D eigenvalue weighted by Gasteiger charge is -1.90. The van der Waals surface area contributed by atoms with Crippen molar-refractivity contribution in [3.05, 3.63) is 0 Å². The molecule has 39 valence electrons. The smallest absolute Gasteiger partial charge is 0.307 e. The first-order valence-electron chi connectivity index (χ1n) is 2.78. The summed E-state index contributed by atoms with van der Waals surface area (Å²) in [5.41, 5.74) is 0. The van der Waals surface area contributed by atoms with Crippen molar-refractivity contribution < 1.29 is 0 Å². The molecule has 0 aliphatic carbocycles. The van der Waals surface area contributed by atoms with E-state index in [2.05, 4.69) is 10.5 Å². The average molecular weight is 97.0 g/mol. The van der Waals surface area contributed by atoms with E-state index in [1.807, 2.05) is 7.55 Å². The summed E-state index contributed by atoms with van der Waals surface area (Å²) in [6.45, 7) is 2.26. The Morgan fingerprint density at radius 2 is 1.57 bits per heavy atom. The second kappa shape index (κ2) is 3.05. The van der Waals surface area contributed by atoms with Gasteiger partial charge in [0.25, 0.3) is 0 Å². The van der Waals surface area contributed by atoms with Crippen LogP contribution in [-0.2, 0) is 0 Å². The Kier molecular flexibility index (Phi) is 2.23. The van der Waals surface area contributed by atoms with E-state index in [1.54, 1.807) is 0 Å². The summed E-state index contributed by atoms with van der Waals surface area (Å²) in [6, 6.07) is 0. The highest BCUT2D eigenvalue weighted by Crippen LogP contribution is 1.84. The molecule has 0 amide bonds. The molecule has 0 atom stereocenters. The van der Waals surface area contributed by atoms with Crippen molar-refractivity contribution >= 4 is 7.55 Å². The molecular weight excluding hydrogens is 86.9 g/mol. The lowest BCUT2D eigenvalue weighted by atomic mass is 10.2. The van der Waals surface area contributed by atoms with Crippen molar-refractivity contribution in [2.24, 2.45) is 0 Å². The number of nitrogens with one attached hydrogen (secondary N) is 2. The minimum Gasteiger partial charge on any atom is -0.346 e. The Hall–Kier alpha value is -0.0151. The molecule has 0 spiro atoms. The summed E-state index contributed by atoms with van der Waals surface area (Å²) in [6.07, 6.45) is 2.59. The Bertz CT molecular complexity index is 29.3. The zero-order valence-corrected chi connectivity index (χ0v) is 4.41. The highest BCUT2D eigenvalue weighted by molar-refractivity contribution is 6.28. The Morgan fingerprint density at radius 1 is 1.00 bits per heavy atom. The van der Waals surface area contributed by atoms with Crippen molar-refractivity contribution in [3.8, 4) is 0 Å². The van der Waals surface area contributed by atoms with Crippen LogP contribution in [0, 0.1) is 0 Å². The Morgan fingerprint density at radius 3 is 2.14 bits per heavy atom. The van der Waals surface area contributed by atoms with Crippen molar-refractivity contribution in [3.63, 3.8) is 0 Å². The second-order valence-corrected chi connectivity index (χ2v) is 1.76. The first-order valence-corrected chi connectivity index (χ1v) is 2.78. The monoisotopic (exact) mass is 97.1 g/mol. The summed E-state index contributed by atoms with van der Waals surface area (Å²) in [7, 11) is 1.92. The minimum atomic E-state index is 1.13. The fraction of sp³-hybridized carbons (Fsp3) is 1.00. The van der Waals surface area contributed by atoms with Crippen LogP contribution in [0.4, 0.5) is 0 Å². The van der Waals surface area contributed by atoms with Crippen molar-refractivity contribution in [1.82, 2.24) is 10.5 Å². The van der Waals surface area contributed by atoms with Crippen LogP contribution in [0.5, 0.6) is 0 Å². The fourth-order valence-electron chi connectivity index (χ4n) is 0.671. The Labute approximate surface area is 45.0 Å². The third kappa shape index (κ3) is 1.95. The summed E-state index contributed by atoms with van der Waals surface area (Å²) in [5, 5.41) is 6.22. The summed E-state index contributed by atoms with van der Waals surface area (Å²) < 4.78 is 0. The van der Waals surface area contributed by atoms with Crippen LogP contribution in [-0.4, -0.2) is 20.6 Å². The Balaban J connectivity index is 2.04. The predicted octanol–water partition coefficient (Wildman–Crippen LogP) is -0.506. The molecular formula is C4H10BN2. The van der Waals surface area contributed by atoms with E-state index in [0.29, 0.717) is 0 Å². The molecule has 1 aliphatic heterocycles. The molecule has 1 rings (SSSR count). The molecule has 2 nitrogen and oxygen atoms in total. The van der Waals surface area contributed by atoms with Gasteiger partial charge in [0.2, 0.25) is 0 Å². The van der Waals surface area contributed by atoms with Crippen LogP contribution < -0.4 is 10.5 Å². The van der Waals surface area contributed by atoms with E-state index in [0.717, 1.165) is 13.1 Å². The molecule has 0 aromatic carbocycles. The maximum Gasteiger partial charge on any atom is 0.307 e. The first-order chi connectivity index (χ1) is 3.50. The largest absolute Gasteiger partial charge is 0.346 e. The molecule has 1 fully saturated rings. The zero-order valence-electron chi connectivity index (χ0n) is 4.41. The van der Waals surface area contributed by atoms with Crippen LogP contribution in [0.1, 0.15) is 12.8 Å². The molecule has 1 heterocycles. The van der Waals surface area contributed by atoms with Gasteiger partial charge in [0, 0.05) is 0 Å². The molecule has 1 aliphatic rings. The lowest BCUT2D eigenvalue weighted by molar-refractivity contribution is 0.742. The van der Waals surface area contributed by atoms with Gasteiger partial charge in [-0.2, -0.15) is 0 Å². The molecule has 0 bridgehead atoms. The molecule has 0 aromatic heterocycles. The fourth-order valence-corrected chi connectivity index (χ4v) is 0.671. The predicted molar refractivity (Wildman–Crippen MR) is 31.0 cm³/mol. The van der Waals surface area contributed by atoms with E-state index < -0.39 is 0 Å². The molecule has 1 saturated heterocycles. The SMILES string of the molecule is [B]1NCCCCN1.